The van der Waals surface area contributed by atoms with Gasteiger partial charge in [0.1, 0.15) is 17.3 Å². The van der Waals surface area contributed by atoms with Crippen molar-refractivity contribution >= 4 is 22.8 Å². The predicted molar refractivity (Wildman–Crippen MR) is 134 cm³/mol. The van der Waals surface area contributed by atoms with Gasteiger partial charge < -0.3 is 19.7 Å². The Balaban J connectivity index is 1.64. The number of carbonyl (C=O) groups is 2. The van der Waals surface area contributed by atoms with Gasteiger partial charge in [-0.3, -0.25) is 14.6 Å². The van der Waals surface area contributed by atoms with Crippen molar-refractivity contribution in [2.75, 3.05) is 27.2 Å². The Morgan fingerprint density at radius 3 is 2.77 bits per heavy atom. The first-order valence-electron chi connectivity index (χ1n) is 12.3. The van der Waals surface area contributed by atoms with Crippen LogP contribution in [0.5, 0.6) is 5.75 Å². The SMILES string of the molecule is COc1ccc2[nH]c3c(c2c1)C[C@@]1(C)C(=O)N(CCN(C)C(C)C)C(=O)N1[C@@H]3C1=CCCC(O)=C1. The number of ether oxygens (including phenoxy) is 1. The second kappa shape index (κ2) is 8.45. The highest BCUT2D eigenvalue weighted by atomic mass is 16.5. The summed E-state index contributed by atoms with van der Waals surface area (Å²) in [7, 11) is 3.63. The molecule has 1 aromatic carbocycles. The molecular formula is C27H34N4O4. The number of fused-ring (bicyclic) bond motifs is 4. The lowest BCUT2D eigenvalue weighted by molar-refractivity contribution is -0.133. The number of aliphatic hydroxyl groups excluding tert-OH is 1. The van der Waals surface area contributed by atoms with E-state index >= 15 is 0 Å². The molecule has 0 spiro atoms. The van der Waals surface area contributed by atoms with Crippen molar-refractivity contribution in [3.05, 3.63) is 52.9 Å². The van der Waals surface area contributed by atoms with E-state index in [0.29, 0.717) is 44.2 Å². The molecule has 3 aliphatic rings. The van der Waals surface area contributed by atoms with E-state index in [1.807, 2.05) is 32.2 Å². The van der Waals surface area contributed by atoms with Crippen LogP contribution < -0.4 is 4.74 Å². The lowest BCUT2D eigenvalue weighted by Gasteiger charge is -2.43. The first kappa shape index (κ1) is 23.5. The van der Waals surface area contributed by atoms with Gasteiger partial charge in [0.15, 0.2) is 0 Å². The van der Waals surface area contributed by atoms with Crippen molar-refractivity contribution in [1.82, 2.24) is 19.7 Å². The zero-order valence-corrected chi connectivity index (χ0v) is 21.1. The molecule has 2 N–H and O–H groups in total. The molecule has 35 heavy (non-hydrogen) atoms. The molecule has 8 heteroatoms. The number of methoxy groups -OCH3 is 1. The van der Waals surface area contributed by atoms with Crippen molar-refractivity contribution in [2.24, 2.45) is 0 Å². The second-order valence-electron chi connectivity index (χ2n) is 10.3. The average molecular weight is 479 g/mol. The number of aliphatic hydroxyl groups is 1. The number of aromatic nitrogens is 1. The number of carbonyl (C=O) groups excluding carboxylic acids is 2. The Hall–Kier alpha value is -3.26. The third kappa shape index (κ3) is 3.62. The number of benzene rings is 1. The van der Waals surface area contributed by atoms with Crippen LogP contribution in [0.1, 0.15) is 50.9 Å². The van der Waals surface area contributed by atoms with Gasteiger partial charge in [0, 0.05) is 48.6 Å². The molecule has 1 aliphatic carbocycles. The molecule has 1 saturated heterocycles. The van der Waals surface area contributed by atoms with Gasteiger partial charge in [0.2, 0.25) is 0 Å². The molecule has 2 atom stereocenters. The molecule has 1 aromatic heterocycles. The number of hydrogen-bond donors (Lipinski definition) is 2. The van der Waals surface area contributed by atoms with Crippen LogP contribution >= 0.6 is 0 Å². The number of aromatic amines is 1. The molecule has 0 bridgehead atoms. The van der Waals surface area contributed by atoms with Crippen LogP contribution in [0.4, 0.5) is 4.79 Å². The van der Waals surface area contributed by atoms with Crippen LogP contribution in [0, 0.1) is 0 Å². The van der Waals surface area contributed by atoms with Gasteiger partial charge in [-0.1, -0.05) is 6.08 Å². The Morgan fingerprint density at radius 2 is 2.09 bits per heavy atom. The number of urea groups is 1. The summed E-state index contributed by atoms with van der Waals surface area (Å²) in [6.45, 7) is 7.01. The average Bonchev–Trinajstić information content (AvgIpc) is 3.27. The van der Waals surface area contributed by atoms with E-state index in [0.717, 1.165) is 33.5 Å². The molecule has 0 saturated carbocycles. The van der Waals surface area contributed by atoms with Crippen molar-refractivity contribution in [3.8, 4) is 5.75 Å². The summed E-state index contributed by atoms with van der Waals surface area (Å²) in [6.07, 6.45) is 5.50. The van der Waals surface area contributed by atoms with Crippen LogP contribution in [0.2, 0.25) is 0 Å². The van der Waals surface area contributed by atoms with Crippen LogP contribution in [0.3, 0.4) is 0 Å². The fourth-order valence-electron chi connectivity index (χ4n) is 5.58. The van der Waals surface area contributed by atoms with Crippen molar-refractivity contribution < 1.29 is 19.4 Å². The standard InChI is InChI=1S/C27H34N4O4/c1-16(2)29(4)11-12-30-25(33)27(3)15-21-20-14-19(35-5)9-10-22(20)28-23(21)24(31(27)26(30)34)17-7-6-8-18(32)13-17/h7,9-10,13-14,16,24,28,32H,6,8,11-12,15H2,1-5H3/t24-,27+/m1/s1. The molecule has 1 fully saturated rings. The topological polar surface area (TPSA) is 89.1 Å². The summed E-state index contributed by atoms with van der Waals surface area (Å²) in [5, 5.41) is 11.3. The van der Waals surface area contributed by atoms with Gasteiger partial charge in [-0.25, -0.2) is 4.79 Å². The van der Waals surface area contributed by atoms with Gasteiger partial charge in [-0.15, -0.1) is 0 Å². The van der Waals surface area contributed by atoms with Gasteiger partial charge >= 0.3 is 6.03 Å². The highest BCUT2D eigenvalue weighted by molar-refractivity contribution is 6.08. The fourth-order valence-corrected chi connectivity index (χ4v) is 5.58. The van der Waals surface area contributed by atoms with Crippen LogP contribution in [-0.4, -0.2) is 75.6 Å². The summed E-state index contributed by atoms with van der Waals surface area (Å²) >= 11 is 0. The van der Waals surface area contributed by atoms with E-state index in [2.05, 4.69) is 29.8 Å². The van der Waals surface area contributed by atoms with E-state index in [9.17, 15) is 14.7 Å². The van der Waals surface area contributed by atoms with Crippen molar-refractivity contribution in [2.45, 2.75) is 57.7 Å². The normalized spacial score (nSPS) is 24.3. The number of allylic oxidation sites excluding steroid dienone is 2. The highest BCUT2D eigenvalue weighted by Crippen LogP contribution is 2.50. The maximum Gasteiger partial charge on any atom is 0.328 e. The molecule has 2 aliphatic heterocycles. The third-order valence-electron chi connectivity index (χ3n) is 7.86. The Kier molecular flexibility index (Phi) is 5.67. The molecule has 3 heterocycles. The quantitative estimate of drug-likeness (QED) is 0.605. The van der Waals surface area contributed by atoms with E-state index in [-0.39, 0.29) is 11.9 Å². The monoisotopic (exact) mass is 478 g/mol. The molecule has 8 nitrogen and oxygen atoms in total. The van der Waals surface area contributed by atoms with Crippen LogP contribution in [0.25, 0.3) is 10.9 Å². The number of nitrogens with one attached hydrogen (secondary N) is 1. The van der Waals surface area contributed by atoms with E-state index in [4.69, 9.17) is 4.74 Å². The largest absolute Gasteiger partial charge is 0.512 e. The number of amides is 3. The third-order valence-corrected chi connectivity index (χ3v) is 7.86. The lowest BCUT2D eigenvalue weighted by Crippen LogP contribution is -2.53. The summed E-state index contributed by atoms with van der Waals surface area (Å²) in [4.78, 5) is 36.5. The predicted octanol–water partition coefficient (Wildman–Crippen LogP) is 4.30. The molecular weight excluding hydrogens is 444 g/mol. The maximum absolute atomic E-state index is 13.9. The van der Waals surface area contributed by atoms with E-state index < -0.39 is 11.6 Å². The minimum atomic E-state index is -1.02. The van der Waals surface area contributed by atoms with Crippen LogP contribution in [0.15, 0.2) is 41.7 Å². The summed E-state index contributed by atoms with van der Waals surface area (Å²) in [6, 6.07) is 5.40. The van der Waals surface area contributed by atoms with E-state index in [1.165, 1.54) is 4.90 Å². The maximum atomic E-state index is 13.9. The van der Waals surface area contributed by atoms with Gasteiger partial charge in [-0.05, 0) is 69.7 Å². The molecule has 0 unspecified atom stereocenters. The Morgan fingerprint density at radius 1 is 1.31 bits per heavy atom. The Bertz CT molecular complexity index is 1260. The molecule has 2 aromatic rings. The first-order chi connectivity index (χ1) is 16.7. The zero-order valence-electron chi connectivity index (χ0n) is 21.1. The zero-order chi connectivity index (χ0) is 25.1. The van der Waals surface area contributed by atoms with Crippen LogP contribution in [-0.2, 0) is 11.2 Å². The molecule has 5 rings (SSSR count). The van der Waals surface area contributed by atoms with Gasteiger partial charge in [0.05, 0.1) is 12.9 Å². The second-order valence-corrected chi connectivity index (χ2v) is 10.3. The summed E-state index contributed by atoms with van der Waals surface area (Å²) in [5.41, 5.74) is 2.66. The highest BCUT2D eigenvalue weighted by Gasteiger charge is 2.60. The molecule has 0 radical (unpaired) electrons. The van der Waals surface area contributed by atoms with Crippen molar-refractivity contribution in [3.63, 3.8) is 0 Å². The minimum absolute atomic E-state index is 0.169. The molecule has 186 valence electrons. The van der Waals surface area contributed by atoms with Gasteiger partial charge in [0.25, 0.3) is 5.91 Å². The van der Waals surface area contributed by atoms with Gasteiger partial charge in [-0.2, -0.15) is 0 Å². The Labute approximate surface area is 205 Å². The number of imide groups is 1. The summed E-state index contributed by atoms with van der Waals surface area (Å²) in [5.74, 6) is 0.865. The lowest BCUT2D eigenvalue weighted by atomic mass is 9.80. The van der Waals surface area contributed by atoms with E-state index in [1.54, 1.807) is 18.1 Å². The minimum Gasteiger partial charge on any atom is -0.512 e. The molecule has 3 amide bonds. The number of likely N-dealkylation sites (N-methyl/N-ethyl adjacent to an activating group) is 1. The van der Waals surface area contributed by atoms with Crippen molar-refractivity contribution in [1.29, 1.82) is 0 Å². The number of nitrogens with zero attached hydrogens (tertiary/aromatic N) is 3. The first-order valence-corrected chi connectivity index (χ1v) is 12.3. The fraction of sp³-hybridized carbons (Fsp3) is 0.481. The number of rotatable bonds is 6. The number of H-pyrrole nitrogens is 1. The summed E-state index contributed by atoms with van der Waals surface area (Å²) < 4.78 is 5.47. The number of hydrogen-bond acceptors (Lipinski definition) is 5. The smallest absolute Gasteiger partial charge is 0.328 e.